The molecule has 4 rings (SSSR count). The van der Waals surface area contributed by atoms with Gasteiger partial charge in [0.15, 0.2) is 0 Å². The van der Waals surface area contributed by atoms with E-state index in [1.807, 2.05) is 25.1 Å². The molecule has 0 N–H and O–H groups in total. The summed E-state index contributed by atoms with van der Waals surface area (Å²) in [5, 5.41) is 7.78. The van der Waals surface area contributed by atoms with Gasteiger partial charge >= 0.3 is 5.69 Å². The number of aromatic nitrogens is 4. The summed E-state index contributed by atoms with van der Waals surface area (Å²) in [6.45, 7) is 8.65. The Morgan fingerprint density at radius 2 is 1.61 bits per heavy atom. The third-order valence-electron chi connectivity index (χ3n) is 5.98. The Labute approximate surface area is 193 Å². The molecule has 0 aliphatic rings. The van der Waals surface area contributed by atoms with Crippen LogP contribution in [0.5, 0.6) is 11.5 Å². The molecule has 0 spiro atoms. The van der Waals surface area contributed by atoms with Crippen molar-refractivity contribution >= 4 is 0 Å². The van der Waals surface area contributed by atoms with Gasteiger partial charge < -0.3 is 9.47 Å². The highest BCUT2D eigenvalue weighted by Crippen LogP contribution is 2.32. The van der Waals surface area contributed by atoms with Crippen molar-refractivity contribution in [2.24, 2.45) is 7.05 Å². The predicted octanol–water partition coefficient (Wildman–Crippen LogP) is 4.45. The Balaban J connectivity index is 1.65. The van der Waals surface area contributed by atoms with Gasteiger partial charge in [0.2, 0.25) is 0 Å². The normalized spacial score (nSPS) is 11.0. The highest BCUT2D eigenvalue weighted by molar-refractivity contribution is 5.70. The Morgan fingerprint density at radius 3 is 2.27 bits per heavy atom. The number of tetrazole rings is 1. The number of ether oxygens (including phenoxy) is 2. The van der Waals surface area contributed by atoms with Crippen molar-refractivity contribution < 1.29 is 9.47 Å². The minimum atomic E-state index is -0.339. The quantitative estimate of drug-likeness (QED) is 0.439. The highest BCUT2D eigenvalue weighted by atomic mass is 16.5. The topological polar surface area (TPSA) is 71.2 Å². The van der Waals surface area contributed by atoms with E-state index in [2.05, 4.69) is 55.5 Å². The fraction of sp³-hybridized carbons (Fsp3) is 0.269. The molecule has 7 heteroatoms. The van der Waals surface area contributed by atoms with Crippen LogP contribution in [-0.4, -0.2) is 26.9 Å². The Bertz CT molecular complexity index is 1390. The van der Waals surface area contributed by atoms with E-state index < -0.39 is 0 Å². The lowest BCUT2D eigenvalue weighted by atomic mass is 9.94. The van der Waals surface area contributed by atoms with Crippen molar-refractivity contribution in [2.45, 2.75) is 34.3 Å². The molecule has 7 nitrogen and oxygen atoms in total. The molecular formula is C26H28N4O3. The van der Waals surface area contributed by atoms with Crippen molar-refractivity contribution in [3.8, 4) is 28.3 Å². The largest absolute Gasteiger partial charge is 0.496 e. The summed E-state index contributed by atoms with van der Waals surface area (Å²) in [6.07, 6.45) is 0. The van der Waals surface area contributed by atoms with Crippen molar-refractivity contribution in [1.29, 1.82) is 0 Å². The summed E-state index contributed by atoms with van der Waals surface area (Å²) < 4.78 is 14.2. The first-order valence-corrected chi connectivity index (χ1v) is 10.8. The summed E-state index contributed by atoms with van der Waals surface area (Å²) in [7, 11) is 3.15. The Morgan fingerprint density at radius 1 is 0.848 bits per heavy atom. The molecule has 3 aromatic carbocycles. The van der Waals surface area contributed by atoms with Gasteiger partial charge in [-0.15, -0.1) is 0 Å². The number of hydrogen-bond donors (Lipinski definition) is 0. The van der Waals surface area contributed by atoms with Crippen LogP contribution in [0, 0.1) is 27.7 Å². The van der Waals surface area contributed by atoms with Gasteiger partial charge in [0.1, 0.15) is 18.1 Å². The lowest BCUT2D eigenvalue weighted by Crippen LogP contribution is -2.23. The van der Waals surface area contributed by atoms with Crippen molar-refractivity contribution in [3.63, 3.8) is 0 Å². The van der Waals surface area contributed by atoms with Crippen LogP contribution in [0.2, 0.25) is 0 Å². The maximum atomic E-state index is 12.4. The minimum absolute atomic E-state index is 0.214. The van der Waals surface area contributed by atoms with Gasteiger partial charge in [0, 0.05) is 7.05 Å². The monoisotopic (exact) mass is 444 g/mol. The van der Waals surface area contributed by atoms with Crippen LogP contribution in [0.3, 0.4) is 0 Å². The van der Waals surface area contributed by atoms with E-state index in [4.69, 9.17) is 9.47 Å². The van der Waals surface area contributed by atoms with E-state index in [0.717, 1.165) is 22.4 Å². The zero-order valence-electron chi connectivity index (χ0n) is 19.8. The molecule has 0 radical (unpaired) electrons. The molecule has 0 aliphatic carbocycles. The average molecular weight is 445 g/mol. The molecule has 0 saturated heterocycles. The van der Waals surface area contributed by atoms with Gasteiger partial charge in [-0.2, -0.15) is 9.36 Å². The first kappa shape index (κ1) is 22.3. The smallest absolute Gasteiger partial charge is 0.368 e. The molecule has 1 aromatic heterocycles. The summed E-state index contributed by atoms with van der Waals surface area (Å²) in [5.41, 5.74) is 8.18. The molecule has 0 atom stereocenters. The third-order valence-corrected chi connectivity index (χ3v) is 5.98. The molecule has 33 heavy (non-hydrogen) atoms. The highest BCUT2D eigenvalue weighted by Gasteiger charge is 2.16. The maximum Gasteiger partial charge on any atom is 0.368 e. The number of hydrogen-bond acceptors (Lipinski definition) is 5. The summed E-state index contributed by atoms with van der Waals surface area (Å²) in [5.74, 6) is 1.38. The second-order valence-electron chi connectivity index (χ2n) is 8.28. The SMILES string of the molecule is COc1cccc(-n2nnn(C)c2=O)c1COc1ccc(-c2cc(C)c(C)cc2C)cc1C. The van der Waals surface area contributed by atoms with Crippen LogP contribution < -0.4 is 15.2 Å². The standard InChI is InChI=1S/C26H28N4O3/c1-16-12-18(3)21(14-17(16)2)20-10-11-24(19(4)13-20)33-15-22-23(8-7-9-25(22)32-6)30-26(31)29(5)27-28-30/h7-14H,15H2,1-6H3. The molecule has 4 aromatic rings. The van der Waals surface area contributed by atoms with Gasteiger partial charge in [-0.05, 0) is 95.8 Å². The number of methoxy groups -OCH3 is 1. The first-order chi connectivity index (χ1) is 15.8. The molecule has 0 saturated carbocycles. The van der Waals surface area contributed by atoms with E-state index >= 15 is 0 Å². The second-order valence-corrected chi connectivity index (χ2v) is 8.28. The van der Waals surface area contributed by atoms with Gasteiger partial charge in [0.05, 0.1) is 18.4 Å². The van der Waals surface area contributed by atoms with Crippen LogP contribution in [0.15, 0.2) is 53.3 Å². The third kappa shape index (κ3) is 4.26. The van der Waals surface area contributed by atoms with E-state index in [9.17, 15) is 4.79 Å². The maximum absolute atomic E-state index is 12.4. The molecular weight excluding hydrogens is 416 g/mol. The van der Waals surface area contributed by atoms with Crippen LogP contribution in [0.1, 0.15) is 27.8 Å². The molecule has 170 valence electrons. The van der Waals surface area contributed by atoms with E-state index in [-0.39, 0.29) is 12.3 Å². The first-order valence-electron chi connectivity index (χ1n) is 10.8. The zero-order valence-corrected chi connectivity index (χ0v) is 19.8. The van der Waals surface area contributed by atoms with Gasteiger partial charge in [-0.1, -0.05) is 24.3 Å². The number of benzene rings is 3. The summed E-state index contributed by atoms with van der Waals surface area (Å²) in [4.78, 5) is 12.4. The number of nitrogens with zero attached hydrogens (tertiary/aromatic N) is 4. The van der Waals surface area contributed by atoms with Crippen molar-refractivity contribution in [1.82, 2.24) is 19.8 Å². The van der Waals surface area contributed by atoms with Gasteiger partial charge in [0.25, 0.3) is 0 Å². The molecule has 0 amide bonds. The molecule has 0 bridgehead atoms. The average Bonchev–Trinajstić information content (AvgIpc) is 3.13. The fourth-order valence-electron chi connectivity index (χ4n) is 3.95. The fourth-order valence-corrected chi connectivity index (χ4v) is 3.95. The molecule has 0 unspecified atom stereocenters. The predicted molar refractivity (Wildman–Crippen MR) is 128 cm³/mol. The summed E-state index contributed by atoms with van der Waals surface area (Å²) in [6, 6.07) is 16.1. The second kappa shape index (κ2) is 8.94. The van der Waals surface area contributed by atoms with E-state index in [0.29, 0.717) is 11.4 Å². The molecule has 0 fully saturated rings. The Kier molecular flexibility index (Phi) is 6.05. The lowest BCUT2D eigenvalue weighted by Gasteiger charge is -2.16. The zero-order chi connectivity index (χ0) is 23.7. The van der Waals surface area contributed by atoms with E-state index in [1.54, 1.807) is 20.2 Å². The van der Waals surface area contributed by atoms with E-state index in [1.165, 1.54) is 31.6 Å². The van der Waals surface area contributed by atoms with Gasteiger partial charge in [-0.3, -0.25) is 0 Å². The minimum Gasteiger partial charge on any atom is -0.496 e. The number of aryl methyl sites for hydroxylation is 5. The van der Waals surface area contributed by atoms with Crippen LogP contribution in [0.25, 0.3) is 16.8 Å². The van der Waals surface area contributed by atoms with Crippen molar-refractivity contribution in [3.05, 3.63) is 86.8 Å². The Hall–Kier alpha value is -3.87. The van der Waals surface area contributed by atoms with Crippen LogP contribution in [0.4, 0.5) is 0 Å². The van der Waals surface area contributed by atoms with Crippen molar-refractivity contribution in [2.75, 3.05) is 7.11 Å². The van der Waals surface area contributed by atoms with Crippen LogP contribution >= 0.6 is 0 Å². The number of rotatable bonds is 6. The molecule has 0 aliphatic heterocycles. The van der Waals surface area contributed by atoms with Gasteiger partial charge in [-0.25, -0.2) is 4.79 Å². The lowest BCUT2D eigenvalue weighted by molar-refractivity contribution is 0.294. The summed E-state index contributed by atoms with van der Waals surface area (Å²) >= 11 is 0. The molecule has 1 heterocycles. The van der Waals surface area contributed by atoms with Crippen LogP contribution in [-0.2, 0) is 13.7 Å².